The van der Waals surface area contributed by atoms with Gasteiger partial charge in [-0.1, -0.05) is 48.5 Å². The van der Waals surface area contributed by atoms with Crippen molar-refractivity contribution in [2.45, 2.75) is 27.7 Å². The van der Waals surface area contributed by atoms with E-state index >= 15 is 0 Å². The average Bonchev–Trinajstić information content (AvgIpc) is 3.50. The summed E-state index contributed by atoms with van der Waals surface area (Å²) >= 11 is 0. The summed E-state index contributed by atoms with van der Waals surface area (Å²) in [7, 11) is 0. The maximum absolute atomic E-state index is 14.6. The number of hydrogen-bond donors (Lipinski definition) is 0. The molecule has 2 heterocycles. The normalized spacial score (nSPS) is 11.7. The molecule has 2 aromatic heterocycles. The summed E-state index contributed by atoms with van der Waals surface area (Å²) in [5, 5.41) is 15.0. The molecular weight excluding hydrogens is 572 g/mol. The van der Waals surface area contributed by atoms with Crippen molar-refractivity contribution >= 4 is 43.6 Å². The van der Waals surface area contributed by atoms with Crippen LogP contribution in [0.25, 0.3) is 66.1 Å². The topological polar surface area (TPSA) is 33.6 Å². The molecule has 0 aliphatic rings. The van der Waals surface area contributed by atoms with Gasteiger partial charge in [0.2, 0.25) is 0 Å². The Hall–Kier alpha value is -5.73. The van der Waals surface area contributed by atoms with E-state index in [1.807, 2.05) is 12.1 Å². The molecule has 8 aromatic rings. The summed E-state index contributed by atoms with van der Waals surface area (Å²) in [4.78, 5) is 0. The van der Waals surface area contributed by atoms with E-state index in [1.165, 1.54) is 12.1 Å². The van der Waals surface area contributed by atoms with Crippen molar-refractivity contribution in [1.82, 2.24) is 9.13 Å². The number of hydrogen-bond acceptors (Lipinski definition) is 1. The van der Waals surface area contributed by atoms with Crippen molar-refractivity contribution in [3.63, 3.8) is 0 Å². The number of aromatic nitrogens is 2. The van der Waals surface area contributed by atoms with Gasteiger partial charge in [0.15, 0.2) is 0 Å². The third kappa shape index (κ3) is 4.22. The van der Waals surface area contributed by atoms with Gasteiger partial charge in [0.05, 0.1) is 45.1 Å². The standard InChI is InChI=1S/C41H29F2N3/c1-23-5-9-31-32-10-6-24(2)14-37(32)45(36(31)13-23)40-19-28(22-44)35(27-17-29(42)20-30(43)18-27)21-41(40)46-38-15-25(3)7-11-33(38)34-12-8-26(4)16-39(34)46/h5-21H,1-4H3. The lowest BCUT2D eigenvalue weighted by Gasteiger charge is -2.20. The third-order valence-electron chi connectivity index (χ3n) is 9.05. The molecule has 0 atom stereocenters. The molecule has 0 fully saturated rings. The highest BCUT2D eigenvalue weighted by Crippen LogP contribution is 2.41. The van der Waals surface area contributed by atoms with Gasteiger partial charge in [-0.15, -0.1) is 0 Å². The SMILES string of the molecule is Cc1ccc2c3ccc(C)cc3n(-c3cc(C#N)c(-c4cc(F)cc(F)c4)cc3-n3c4cc(C)ccc4c4ccc(C)cc43)c2c1. The zero-order valence-electron chi connectivity index (χ0n) is 25.9. The molecule has 0 saturated heterocycles. The molecule has 0 saturated carbocycles. The predicted molar refractivity (Wildman–Crippen MR) is 184 cm³/mol. The van der Waals surface area contributed by atoms with Crippen molar-refractivity contribution < 1.29 is 8.78 Å². The first-order valence-corrected chi connectivity index (χ1v) is 15.3. The molecule has 0 aliphatic heterocycles. The second kappa shape index (κ2) is 10.2. The summed E-state index contributed by atoms with van der Waals surface area (Å²) in [5.41, 5.74) is 11.2. The van der Waals surface area contributed by atoms with Gasteiger partial charge in [0.1, 0.15) is 11.6 Å². The Balaban J connectivity index is 1.61. The highest BCUT2D eigenvalue weighted by atomic mass is 19.1. The smallest absolute Gasteiger partial charge is 0.126 e. The molecule has 3 nitrogen and oxygen atoms in total. The Morgan fingerprint density at radius 3 is 1.22 bits per heavy atom. The van der Waals surface area contributed by atoms with Crippen LogP contribution in [0.1, 0.15) is 27.8 Å². The minimum atomic E-state index is -0.694. The molecule has 0 spiro atoms. The van der Waals surface area contributed by atoms with E-state index in [4.69, 9.17) is 0 Å². The summed E-state index contributed by atoms with van der Waals surface area (Å²) < 4.78 is 33.7. The number of aryl methyl sites for hydroxylation is 4. The van der Waals surface area contributed by atoms with Crippen molar-refractivity contribution in [3.05, 3.63) is 143 Å². The van der Waals surface area contributed by atoms with Crippen LogP contribution in [0.5, 0.6) is 0 Å². The summed E-state index contributed by atoms with van der Waals surface area (Å²) in [6, 6.07) is 35.4. The van der Waals surface area contributed by atoms with Crippen LogP contribution in [0.3, 0.4) is 0 Å². The van der Waals surface area contributed by atoms with Gasteiger partial charge in [0.25, 0.3) is 0 Å². The van der Waals surface area contributed by atoms with Gasteiger partial charge in [-0.25, -0.2) is 8.78 Å². The van der Waals surface area contributed by atoms with Gasteiger partial charge < -0.3 is 9.13 Å². The Bertz CT molecular complexity index is 2470. The second-order valence-electron chi connectivity index (χ2n) is 12.4. The first-order chi connectivity index (χ1) is 22.2. The summed E-state index contributed by atoms with van der Waals surface area (Å²) in [6.07, 6.45) is 0. The van der Waals surface area contributed by atoms with Crippen molar-refractivity contribution in [2.75, 3.05) is 0 Å². The molecule has 0 amide bonds. The first kappa shape index (κ1) is 27.8. The number of rotatable bonds is 3. The van der Waals surface area contributed by atoms with E-state index in [2.05, 4.69) is 116 Å². The van der Waals surface area contributed by atoms with Gasteiger partial charge in [0, 0.05) is 33.2 Å². The fourth-order valence-corrected chi connectivity index (χ4v) is 6.97. The van der Waals surface area contributed by atoms with Crippen LogP contribution in [-0.2, 0) is 0 Å². The van der Waals surface area contributed by atoms with Crippen molar-refractivity contribution in [1.29, 1.82) is 5.26 Å². The zero-order valence-corrected chi connectivity index (χ0v) is 25.9. The Morgan fingerprint density at radius 2 is 0.848 bits per heavy atom. The molecule has 6 aromatic carbocycles. The Labute approximate surface area is 265 Å². The lowest BCUT2D eigenvalue weighted by molar-refractivity contribution is 0.584. The number of nitrogens with zero attached hydrogens (tertiary/aromatic N) is 3. The van der Waals surface area contributed by atoms with Gasteiger partial charge in [-0.2, -0.15) is 5.26 Å². The van der Waals surface area contributed by atoms with Crippen LogP contribution >= 0.6 is 0 Å². The molecule has 8 rings (SSSR count). The van der Waals surface area contributed by atoms with Gasteiger partial charge in [-0.3, -0.25) is 0 Å². The fourth-order valence-electron chi connectivity index (χ4n) is 6.97. The number of benzene rings is 6. The lowest BCUT2D eigenvalue weighted by atomic mass is 9.97. The van der Waals surface area contributed by atoms with Crippen LogP contribution in [0.4, 0.5) is 8.78 Å². The minimum absolute atomic E-state index is 0.309. The summed E-state index contributed by atoms with van der Waals surface area (Å²) in [5.74, 6) is -1.39. The number of nitriles is 1. The average molecular weight is 602 g/mol. The molecule has 46 heavy (non-hydrogen) atoms. The molecule has 0 unspecified atom stereocenters. The molecule has 5 heteroatoms. The predicted octanol–water partition coefficient (Wildman–Crippen LogP) is 10.9. The highest BCUT2D eigenvalue weighted by molar-refractivity contribution is 6.12. The largest absolute Gasteiger partial charge is 0.307 e. The van der Waals surface area contributed by atoms with Crippen molar-refractivity contribution in [2.24, 2.45) is 0 Å². The zero-order chi connectivity index (χ0) is 31.9. The van der Waals surface area contributed by atoms with Gasteiger partial charge in [-0.05, 0) is 104 Å². The lowest BCUT2D eigenvalue weighted by Crippen LogP contribution is -2.06. The van der Waals surface area contributed by atoms with E-state index in [0.717, 1.165) is 83.3 Å². The monoisotopic (exact) mass is 601 g/mol. The third-order valence-corrected chi connectivity index (χ3v) is 9.05. The molecule has 0 bridgehead atoms. The van der Waals surface area contributed by atoms with E-state index in [9.17, 15) is 14.0 Å². The summed E-state index contributed by atoms with van der Waals surface area (Å²) in [6.45, 7) is 8.31. The molecule has 0 aliphatic carbocycles. The van der Waals surface area contributed by atoms with Crippen molar-refractivity contribution in [3.8, 4) is 28.6 Å². The maximum atomic E-state index is 14.6. The van der Waals surface area contributed by atoms with Crippen LogP contribution in [-0.4, -0.2) is 9.13 Å². The quantitative estimate of drug-likeness (QED) is 0.198. The Morgan fingerprint density at radius 1 is 0.478 bits per heavy atom. The molecule has 0 N–H and O–H groups in total. The van der Waals surface area contributed by atoms with E-state index in [-0.39, 0.29) is 0 Å². The van der Waals surface area contributed by atoms with Crippen LogP contribution in [0.15, 0.2) is 103 Å². The molecular formula is C41H29F2N3. The first-order valence-electron chi connectivity index (χ1n) is 15.3. The minimum Gasteiger partial charge on any atom is -0.307 e. The molecule has 0 radical (unpaired) electrons. The van der Waals surface area contributed by atoms with E-state index in [1.54, 1.807) is 0 Å². The number of fused-ring (bicyclic) bond motifs is 6. The van der Waals surface area contributed by atoms with E-state index in [0.29, 0.717) is 16.7 Å². The van der Waals surface area contributed by atoms with E-state index < -0.39 is 11.6 Å². The Kier molecular flexibility index (Phi) is 6.13. The fraction of sp³-hybridized carbons (Fsp3) is 0.0976. The van der Waals surface area contributed by atoms with Crippen LogP contribution in [0, 0.1) is 50.7 Å². The second-order valence-corrected chi connectivity index (χ2v) is 12.4. The molecule has 222 valence electrons. The number of halogens is 2. The van der Waals surface area contributed by atoms with Crippen LogP contribution < -0.4 is 0 Å². The van der Waals surface area contributed by atoms with Gasteiger partial charge >= 0.3 is 0 Å². The van der Waals surface area contributed by atoms with Crippen LogP contribution in [0.2, 0.25) is 0 Å². The highest BCUT2D eigenvalue weighted by Gasteiger charge is 2.23. The maximum Gasteiger partial charge on any atom is 0.126 e.